The van der Waals surface area contributed by atoms with E-state index >= 15 is 0 Å². The summed E-state index contributed by atoms with van der Waals surface area (Å²) in [6, 6.07) is 15.4. The molecule has 3 heterocycles. The highest BCUT2D eigenvalue weighted by molar-refractivity contribution is 6.05. The van der Waals surface area contributed by atoms with E-state index in [1.165, 1.54) is 5.56 Å². The Morgan fingerprint density at radius 1 is 1.26 bits per heavy atom. The van der Waals surface area contributed by atoms with Crippen LogP contribution in [0.3, 0.4) is 0 Å². The summed E-state index contributed by atoms with van der Waals surface area (Å²) < 4.78 is 5.64. The van der Waals surface area contributed by atoms with Gasteiger partial charge in [-0.2, -0.15) is 5.26 Å². The molecule has 170 valence electrons. The lowest BCUT2D eigenvalue weighted by Gasteiger charge is -2.22. The van der Waals surface area contributed by atoms with Crippen molar-refractivity contribution in [3.63, 3.8) is 0 Å². The van der Waals surface area contributed by atoms with E-state index in [4.69, 9.17) is 4.42 Å². The predicted molar refractivity (Wildman–Crippen MR) is 125 cm³/mol. The number of amides is 2. The Balaban J connectivity index is 1.24. The Morgan fingerprint density at radius 2 is 2.12 bits per heavy atom. The van der Waals surface area contributed by atoms with Gasteiger partial charge in [0, 0.05) is 49.6 Å². The van der Waals surface area contributed by atoms with E-state index < -0.39 is 5.92 Å². The third kappa shape index (κ3) is 3.38. The highest BCUT2D eigenvalue weighted by Crippen LogP contribution is 2.57. The second kappa shape index (κ2) is 7.56. The first kappa shape index (κ1) is 20.7. The molecule has 1 atom stereocenters. The van der Waals surface area contributed by atoms with Crippen LogP contribution >= 0.6 is 0 Å². The van der Waals surface area contributed by atoms with Gasteiger partial charge in [0.15, 0.2) is 5.89 Å². The molecule has 7 nitrogen and oxygen atoms in total. The van der Waals surface area contributed by atoms with E-state index in [9.17, 15) is 14.9 Å². The molecule has 3 aromatic rings. The van der Waals surface area contributed by atoms with Crippen molar-refractivity contribution in [2.24, 2.45) is 5.92 Å². The number of aryl methyl sites for hydroxylation is 1. The summed E-state index contributed by atoms with van der Waals surface area (Å²) in [5.74, 6) is 1.03. The normalized spacial score (nSPS) is 20.0. The summed E-state index contributed by atoms with van der Waals surface area (Å²) in [4.78, 5) is 34.1. The lowest BCUT2D eigenvalue weighted by Crippen LogP contribution is -2.37. The monoisotopic (exact) mass is 452 g/mol. The number of oxazole rings is 1. The summed E-state index contributed by atoms with van der Waals surface area (Å²) in [5.41, 5.74) is 4.57. The molecule has 6 rings (SSSR count). The average Bonchev–Trinajstić information content (AvgIpc) is 3.17. The fourth-order valence-electron chi connectivity index (χ4n) is 5.38. The smallest absolute Gasteiger partial charge is 0.232 e. The number of rotatable bonds is 4. The zero-order valence-corrected chi connectivity index (χ0v) is 19.0. The van der Waals surface area contributed by atoms with Crippen molar-refractivity contribution < 1.29 is 14.0 Å². The fraction of sp³-hybridized carbons (Fsp3) is 0.333. The van der Waals surface area contributed by atoms with Crippen LogP contribution in [0.15, 0.2) is 53.1 Å². The molecule has 2 aliphatic heterocycles. The molecule has 2 fully saturated rings. The number of fused-ring (bicyclic) bond motifs is 2. The first-order chi connectivity index (χ1) is 16.5. The van der Waals surface area contributed by atoms with Gasteiger partial charge < -0.3 is 14.2 Å². The third-order valence-electron chi connectivity index (χ3n) is 7.31. The lowest BCUT2D eigenvalue weighted by molar-refractivity contribution is -0.124. The molecular weight excluding hydrogens is 428 g/mol. The van der Waals surface area contributed by atoms with Gasteiger partial charge in [-0.1, -0.05) is 18.2 Å². The Kier molecular flexibility index (Phi) is 4.59. The van der Waals surface area contributed by atoms with Crippen LogP contribution in [0.4, 0.5) is 11.4 Å². The molecule has 0 radical (unpaired) electrons. The van der Waals surface area contributed by atoms with Gasteiger partial charge in [-0.05, 0) is 48.2 Å². The Bertz CT molecular complexity index is 1360. The number of aromatic nitrogens is 1. The van der Waals surface area contributed by atoms with E-state index in [-0.39, 0.29) is 23.7 Å². The summed E-state index contributed by atoms with van der Waals surface area (Å²) in [6.45, 7) is 2.86. The van der Waals surface area contributed by atoms with Gasteiger partial charge in [0.05, 0.1) is 23.7 Å². The first-order valence-electron chi connectivity index (χ1n) is 11.6. The topological polar surface area (TPSA) is 90.4 Å². The van der Waals surface area contributed by atoms with Gasteiger partial charge in [-0.25, -0.2) is 4.98 Å². The molecule has 1 aromatic heterocycles. The summed E-state index contributed by atoms with van der Waals surface area (Å²) in [7, 11) is 0. The first-order valence-corrected chi connectivity index (χ1v) is 11.6. The Morgan fingerprint density at radius 3 is 2.85 bits per heavy atom. The van der Waals surface area contributed by atoms with Crippen molar-refractivity contribution in [2.45, 2.75) is 38.0 Å². The largest absolute Gasteiger partial charge is 0.446 e. The SMILES string of the molecule is Cc1ncc(Cc2ccc3c(c2)C2(CC2)CN3C(=O)[C@H]2CC(=O)N(c3cccc(C#N)c3)C2)o1. The molecule has 0 unspecified atom stereocenters. The van der Waals surface area contributed by atoms with Crippen molar-refractivity contribution in [3.05, 3.63) is 77.0 Å². The maximum atomic E-state index is 13.6. The highest BCUT2D eigenvalue weighted by atomic mass is 16.3. The van der Waals surface area contributed by atoms with Crippen LogP contribution in [0.1, 0.15) is 47.6 Å². The number of benzene rings is 2. The van der Waals surface area contributed by atoms with Crippen LogP contribution in [0, 0.1) is 24.2 Å². The number of nitriles is 1. The Hall–Kier alpha value is -3.92. The van der Waals surface area contributed by atoms with E-state index in [1.807, 2.05) is 24.0 Å². The second-order valence-corrected chi connectivity index (χ2v) is 9.65. The van der Waals surface area contributed by atoms with Gasteiger partial charge in [0.25, 0.3) is 0 Å². The van der Waals surface area contributed by atoms with Gasteiger partial charge in [-0.3, -0.25) is 9.59 Å². The number of anilines is 2. The minimum absolute atomic E-state index is 0.0101. The van der Waals surface area contributed by atoms with Gasteiger partial charge in [-0.15, -0.1) is 0 Å². The minimum Gasteiger partial charge on any atom is -0.446 e. The van der Waals surface area contributed by atoms with Crippen molar-refractivity contribution in [2.75, 3.05) is 22.9 Å². The summed E-state index contributed by atoms with van der Waals surface area (Å²) >= 11 is 0. The molecule has 0 bridgehead atoms. The molecule has 1 aliphatic carbocycles. The fourth-order valence-corrected chi connectivity index (χ4v) is 5.38. The molecule has 1 saturated heterocycles. The van der Waals surface area contributed by atoms with Gasteiger partial charge in [0.1, 0.15) is 5.76 Å². The van der Waals surface area contributed by atoms with E-state index in [1.54, 1.807) is 29.3 Å². The van der Waals surface area contributed by atoms with Crippen LogP contribution < -0.4 is 9.80 Å². The van der Waals surface area contributed by atoms with Crippen molar-refractivity contribution in [1.82, 2.24) is 4.98 Å². The highest BCUT2D eigenvalue weighted by Gasteiger charge is 2.54. The molecule has 0 N–H and O–H groups in total. The van der Waals surface area contributed by atoms with Crippen molar-refractivity contribution >= 4 is 23.2 Å². The minimum atomic E-state index is -0.392. The lowest BCUT2D eigenvalue weighted by atomic mass is 9.95. The molecule has 34 heavy (non-hydrogen) atoms. The number of carbonyl (C=O) groups excluding carboxylic acids is 2. The van der Waals surface area contributed by atoms with Crippen LogP contribution in [-0.4, -0.2) is 29.9 Å². The molecule has 3 aliphatic rings. The third-order valence-corrected chi connectivity index (χ3v) is 7.31. The molecular formula is C27H24N4O3. The molecule has 2 amide bonds. The van der Waals surface area contributed by atoms with Crippen LogP contribution in [0.25, 0.3) is 0 Å². The maximum Gasteiger partial charge on any atom is 0.232 e. The Labute approximate surface area is 197 Å². The quantitative estimate of drug-likeness (QED) is 0.599. The summed E-state index contributed by atoms with van der Waals surface area (Å²) in [6.07, 6.45) is 4.78. The molecule has 7 heteroatoms. The summed E-state index contributed by atoms with van der Waals surface area (Å²) in [5, 5.41) is 9.18. The zero-order valence-electron chi connectivity index (χ0n) is 19.0. The van der Waals surface area contributed by atoms with Crippen molar-refractivity contribution in [1.29, 1.82) is 5.26 Å². The van der Waals surface area contributed by atoms with E-state index in [2.05, 4.69) is 23.2 Å². The number of hydrogen-bond acceptors (Lipinski definition) is 5. The number of nitrogens with zero attached hydrogens (tertiary/aromatic N) is 4. The second-order valence-electron chi connectivity index (χ2n) is 9.65. The van der Waals surface area contributed by atoms with Gasteiger partial charge in [0.2, 0.25) is 11.8 Å². The predicted octanol–water partition coefficient (Wildman–Crippen LogP) is 3.88. The maximum absolute atomic E-state index is 13.6. The standard InChI is InChI=1S/C27H24N4O3/c1-17-29-14-22(34-17)10-18-5-6-24-23(11-18)27(7-8-27)16-31(24)26(33)20-12-25(32)30(15-20)21-4-2-3-19(9-21)13-28/h2-6,9,11,14,20H,7-8,10,12,15-16H2,1H3/t20-/m0/s1. The molecule has 1 saturated carbocycles. The number of carbonyl (C=O) groups is 2. The molecule has 1 spiro atoms. The van der Waals surface area contributed by atoms with Gasteiger partial charge >= 0.3 is 0 Å². The van der Waals surface area contributed by atoms with Crippen LogP contribution in [-0.2, 0) is 21.4 Å². The molecule has 2 aromatic carbocycles. The number of hydrogen-bond donors (Lipinski definition) is 0. The van der Waals surface area contributed by atoms with Crippen LogP contribution in [0.5, 0.6) is 0 Å². The van der Waals surface area contributed by atoms with E-state index in [0.717, 1.165) is 29.9 Å². The van der Waals surface area contributed by atoms with E-state index in [0.29, 0.717) is 36.7 Å². The van der Waals surface area contributed by atoms with Crippen molar-refractivity contribution in [3.8, 4) is 6.07 Å². The van der Waals surface area contributed by atoms with Crippen LogP contribution in [0.2, 0.25) is 0 Å². The average molecular weight is 453 g/mol. The zero-order chi connectivity index (χ0) is 23.4.